The average molecular weight is 253 g/mol. The molecule has 1 unspecified atom stereocenters. The van der Waals surface area contributed by atoms with Crippen molar-refractivity contribution in [2.24, 2.45) is 0 Å². The Kier molecular flexibility index (Phi) is 3.46. The molecule has 0 saturated carbocycles. The summed E-state index contributed by atoms with van der Waals surface area (Å²) in [5.41, 5.74) is 0. The molecule has 0 aliphatic heterocycles. The second-order valence-electron chi connectivity index (χ2n) is 3.61. The third kappa shape index (κ3) is 2.01. The topological polar surface area (TPSA) is 111 Å². The van der Waals surface area contributed by atoms with Gasteiger partial charge < -0.3 is 5.11 Å². The van der Waals surface area contributed by atoms with Crippen LogP contribution in [0.3, 0.4) is 0 Å². The summed E-state index contributed by atoms with van der Waals surface area (Å²) in [6, 6.07) is 0. The van der Waals surface area contributed by atoms with Crippen LogP contribution in [0.2, 0.25) is 0 Å². The van der Waals surface area contributed by atoms with E-state index < -0.39 is 6.23 Å². The van der Waals surface area contributed by atoms with Gasteiger partial charge in [-0.2, -0.15) is 4.68 Å². The number of rotatable bonds is 5. The zero-order chi connectivity index (χ0) is 13.1. The number of hydrogen-bond acceptors (Lipinski definition) is 8. The normalized spacial score (nSPS) is 12.7. The largest absolute Gasteiger partial charge is 0.372 e. The summed E-state index contributed by atoms with van der Waals surface area (Å²) in [4.78, 5) is 1.53. The van der Waals surface area contributed by atoms with Gasteiger partial charge in [-0.1, -0.05) is 0 Å². The van der Waals surface area contributed by atoms with Crippen molar-refractivity contribution in [2.75, 3.05) is 18.1 Å². The highest BCUT2D eigenvalue weighted by atomic mass is 16.3. The number of aliphatic hydroxyl groups excluding tert-OH is 1. The molecule has 0 aliphatic rings. The third-order valence-corrected chi connectivity index (χ3v) is 2.50. The van der Waals surface area contributed by atoms with Crippen LogP contribution >= 0.6 is 0 Å². The predicted molar refractivity (Wildman–Crippen MR) is 60.9 cm³/mol. The number of nitrogens with zero attached hydrogens (tertiary/aromatic N) is 9. The standard InChI is InChI=1S/C8H15N9O/c1-4-15(5-2)17-8(10-12-14-17)7-9-11-13-16(7)6(3)18/h6,18H,4-5H2,1-3H3. The van der Waals surface area contributed by atoms with Gasteiger partial charge >= 0.3 is 0 Å². The fraction of sp³-hybridized carbons (Fsp3) is 0.750. The summed E-state index contributed by atoms with van der Waals surface area (Å²) in [6.07, 6.45) is -0.850. The first-order valence-corrected chi connectivity index (χ1v) is 5.68. The summed E-state index contributed by atoms with van der Waals surface area (Å²) in [6.45, 7) is 7.03. The Balaban J connectivity index is 2.45. The van der Waals surface area contributed by atoms with E-state index in [0.29, 0.717) is 11.6 Å². The Hall–Kier alpha value is -2.10. The molecule has 2 aromatic heterocycles. The summed E-state index contributed by atoms with van der Waals surface area (Å²) in [5.74, 6) is 0.714. The molecule has 0 radical (unpaired) electrons. The fourth-order valence-corrected chi connectivity index (χ4v) is 1.59. The maximum absolute atomic E-state index is 9.57. The van der Waals surface area contributed by atoms with E-state index in [1.54, 1.807) is 6.92 Å². The van der Waals surface area contributed by atoms with Crippen LogP contribution in [-0.2, 0) is 0 Å². The van der Waals surface area contributed by atoms with E-state index in [1.165, 1.54) is 9.47 Å². The molecule has 0 saturated heterocycles. The zero-order valence-electron chi connectivity index (χ0n) is 10.5. The maximum atomic E-state index is 9.57. The Morgan fingerprint density at radius 1 is 1.11 bits per heavy atom. The van der Waals surface area contributed by atoms with Crippen LogP contribution in [0.25, 0.3) is 11.6 Å². The number of aliphatic hydroxyl groups is 1. The van der Waals surface area contributed by atoms with Crippen molar-refractivity contribution in [1.29, 1.82) is 0 Å². The molecule has 0 amide bonds. The van der Waals surface area contributed by atoms with Gasteiger partial charge in [0.1, 0.15) is 6.23 Å². The second kappa shape index (κ2) is 5.04. The number of aromatic nitrogens is 8. The first-order chi connectivity index (χ1) is 8.69. The van der Waals surface area contributed by atoms with Crippen molar-refractivity contribution < 1.29 is 5.11 Å². The molecule has 0 spiro atoms. The Morgan fingerprint density at radius 2 is 1.72 bits per heavy atom. The lowest BCUT2D eigenvalue weighted by molar-refractivity contribution is 0.110. The highest BCUT2D eigenvalue weighted by Gasteiger charge is 2.21. The van der Waals surface area contributed by atoms with Crippen molar-refractivity contribution >= 4 is 0 Å². The van der Waals surface area contributed by atoms with E-state index in [0.717, 1.165) is 13.1 Å². The first-order valence-electron chi connectivity index (χ1n) is 5.68. The minimum Gasteiger partial charge on any atom is -0.372 e. The van der Waals surface area contributed by atoms with Crippen LogP contribution in [0.4, 0.5) is 0 Å². The molecule has 0 aromatic carbocycles. The van der Waals surface area contributed by atoms with E-state index in [-0.39, 0.29) is 0 Å². The highest BCUT2D eigenvalue weighted by molar-refractivity contribution is 5.41. The van der Waals surface area contributed by atoms with Gasteiger partial charge in [0, 0.05) is 13.1 Å². The average Bonchev–Trinajstić information content (AvgIpc) is 2.97. The van der Waals surface area contributed by atoms with Gasteiger partial charge in [-0.25, -0.2) is 0 Å². The van der Waals surface area contributed by atoms with Crippen molar-refractivity contribution in [3.05, 3.63) is 0 Å². The number of hydrogen-bond donors (Lipinski definition) is 1. The van der Waals surface area contributed by atoms with Gasteiger partial charge in [0.05, 0.1) is 0 Å². The number of tetrazole rings is 2. The van der Waals surface area contributed by atoms with Crippen molar-refractivity contribution in [2.45, 2.75) is 27.0 Å². The molecule has 18 heavy (non-hydrogen) atoms. The van der Waals surface area contributed by atoms with Crippen molar-refractivity contribution in [3.8, 4) is 11.6 Å². The molecule has 10 heteroatoms. The predicted octanol–water partition coefficient (Wildman–Crippen LogP) is -1.18. The molecule has 0 fully saturated rings. The van der Waals surface area contributed by atoms with Crippen LogP contribution < -0.4 is 5.01 Å². The molecular weight excluding hydrogens is 238 g/mol. The van der Waals surface area contributed by atoms with E-state index in [9.17, 15) is 5.11 Å². The smallest absolute Gasteiger partial charge is 0.243 e. The van der Waals surface area contributed by atoms with Crippen LogP contribution in [0.15, 0.2) is 0 Å². The van der Waals surface area contributed by atoms with E-state index in [1.807, 2.05) is 18.9 Å². The van der Waals surface area contributed by atoms with Crippen LogP contribution in [0, 0.1) is 0 Å². The molecule has 1 N–H and O–H groups in total. The Labute approximate surface area is 103 Å². The first kappa shape index (κ1) is 12.4. The Bertz CT molecular complexity index is 500. The van der Waals surface area contributed by atoms with Crippen LogP contribution in [0.1, 0.15) is 27.0 Å². The van der Waals surface area contributed by atoms with Crippen molar-refractivity contribution in [3.63, 3.8) is 0 Å². The zero-order valence-corrected chi connectivity index (χ0v) is 10.5. The van der Waals surface area contributed by atoms with Gasteiger partial charge in [-0.3, -0.25) is 5.01 Å². The summed E-state index contributed by atoms with van der Waals surface area (Å²) >= 11 is 0. The molecular formula is C8H15N9O. The maximum Gasteiger partial charge on any atom is 0.243 e. The van der Waals surface area contributed by atoms with Gasteiger partial charge in [-0.15, -0.1) is 15.0 Å². The van der Waals surface area contributed by atoms with Gasteiger partial charge in [0.2, 0.25) is 11.6 Å². The minimum absolute atomic E-state index is 0.321. The molecule has 2 heterocycles. The van der Waals surface area contributed by atoms with E-state index in [2.05, 4.69) is 31.1 Å². The summed E-state index contributed by atoms with van der Waals surface area (Å²) < 4.78 is 1.26. The van der Waals surface area contributed by atoms with Gasteiger partial charge in [-0.05, 0) is 41.6 Å². The lowest BCUT2D eigenvalue weighted by atomic mass is 10.5. The van der Waals surface area contributed by atoms with Crippen molar-refractivity contribution in [1.82, 2.24) is 40.5 Å². The van der Waals surface area contributed by atoms with Crippen LogP contribution in [0.5, 0.6) is 0 Å². The molecule has 2 rings (SSSR count). The SMILES string of the molecule is CCN(CC)n1nnnc1-c1nnnn1C(C)O. The molecule has 10 nitrogen and oxygen atoms in total. The monoisotopic (exact) mass is 253 g/mol. The lowest BCUT2D eigenvalue weighted by Crippen LogP contribution is -2.36. The summed E-state index contributed by atoms with van der Waals surface area (Å²) in [7, 11) is 0. The molecule has 2 aromatic rings. The quantitative estimate of drug-likeness (QED) is 0.708. The second-order valence-corrected chi connectivity index (χ2v) is 3.61. The van der Waals surface area contributed by atoms with E-state index in [4.69, 9.17) is 0 Å². The van der Waals surface area contributed by atoms with Gasteiger partial charge in [0.15, 0.2) is 0 Å². The molecule has 0 aliphatic carbocycles. The van der Waals surface area contributed by atoms with Crippen LogP contribution in [-0.4, -0.2) is 58.7 Å². The minimum atomic E-state index is -0.850. The summed E-state index contributed by atoms with van der Waals surface area (Å²) in [5, 5.41) is 34.0. The lowest BCUT2D eigenvalue weighted by Gasteiger charge is -2.20. The molecule has 0 bridgehead atoms. The van der Waals surface area contributed by atoms with E-state index >= 15 is 0 Å². The highest BCUT2D eigenvalue weighted by Crippen LogP contribution is 2.14. The van der Waals surface area contributed by atoms with Gasteiger partial charge in [0.25, 0.3) is 0 Å². The Morgan fingerprint density at radius 3 is 2.33 bits per heavy atom. The molecule has 98 valence electrons. The fourth-order valence-electron chi connectivity index (χ4n) is 1.59. The third-order valence-electron chi connectivity index (χ3n) is 2.50. The molecule has 1 atom stereocenters.